The second-order valence-corrected chi connectivity index (χ2v) is 2.47. The molecule has 0 unspecified atom stereocenters. The highest BCUT2D eigenvalue weighted by molar-refractivity contribution is 5.41. The quantitative estimate of drug-likeness (QED) is 0.330. The summed E-state index contributed by atoms with van der Waals surface area (Å²) >= 11 is 0. The molecule has 0 radical (unpaired) electrons. The van der Waals surface area contributed by atoms with Crippen molar-refractivity contribution in [3.8, 4) is 23.7 Å². The molecule has 1 rings (SSSR count). The lowest BCUT2D eigenvalue weighted by atomic mass is 10.3. The van der Waals surface area contributed by atoms with Crippen molar-refractivity contribution >= 4 is 0 Å². The predicted molar refractivity (Wildman–Crippen MR) is 56.0 cm³/mol. The zero-order valence-corrected chi connectivity index (χ0v) is 8.84. The second-order valence-electron chi connectivity index (χ2n) is 2.47. The molecule has 0 bridgehead atoms. The summed E-state index contributed by atoms with van der Waals surface area (Å²) in [5, 5.41) is 3.28. The number of rotatable bonds is 3. The van der Waals surface area contributed by atoms with Gasteiger partial charge in [-0.1, -0.05) is 17.0 Å². The molecule has 0 aliphatic carbocycles. The first-order valence-corrected chi connectivity index (χ1v) is 4.26. The van der Waals surface area contributed by atoms with Crippen molar-refractivity contribution in [2.24, 2.45) is 5.11 Å². The van der Waals surface area contributed by atoms with Crippen LogP contribution in [-0.4, -0.2) is 30.7 Å². The molecule has 0 spiro atoms. The SMILES string of the molecule is COc1ncc(C#CCN=[N+]=[N-])c(OC)n1. The van der Waals surface area contributed by atoms with E-state index in [4.69, 9.17) is 15.0 Å². The highest BCUT2D eigenvalue weighted by atomic mass is 16.5. The Hall–Kier alpha value is -2.45. The van der Waals surface area contributed by atoms with Gasteiger partial charge in [0.05, 0.1) is 27.0 Å². The van der Waals surface area contributed by atoms with Gasteiger partial charge in [-0.05, 0) is 5.53 Å². The first-order chi connectivity index (χ1) is 7.81. The van der Waals surface area contributed by atoms with Crippen LogP contribution in [0.2, 0.25) is 0 Å². The lowest BCUT2D eigenvalue weighted by Gasteiger charge is -2.02. The van der Waals surface area contributed by atoms with Gasteiger partial charge in [0.15, 0.2) is 0 Å². The maximum absolute atomic E-state index is 8.06. The topological polar surface area (TPSA) is 93.0 Å². The maximum Gasteiger partial charge on any atom is 0.319 e. The molecule has 1 heterocycles. The molecular weight excluding hydrogens is 210 g/mol. The molecule has 0 aromatic carbocycles. The molecule has 7 heteroatoms. The van der Waals surface area contributed by atoms with E-state index in [0.29, 0.717) is 11.4 Å². The summed E-state index contributed by atoms with van der Waals surface area (Å²) in [6.45, 7) is 0.0890. The van der Waals surface area contributed by atoms with Gasteiger partial charge in [-0.3, -0.25) is 0 Å². The van der Waals surface area contributed by atoms with E-state index in [-0.39, 0.29) is 12.6 Å². The number of hydrogen-bond acceptors (Lipinski definition) is 5. The highest BCUT2D eigenvalue weighted by Gasteiger charge is 2.04. The fraction of sp³-hybridized carbons (Fsp3) is 0.333. The van der Waals surface area contributed by atoms with Crippen LogP contribution in [0.15, 0.2) is 11.3 Å². The van der Waals surface area contributed by atoms with Gasteiger partial charge in [0, 0.05) is 4.91 Å². The number of azide groups is 1. The summed E-state index contributed by atoms with van der Waals surface area (Å²) in [4.78, 5) is 10.4. The van der Waals surface area contributed by atoms with E-state index in [1.807, 2.05) is 0 Å². The fourth-order valence-corrected chi connectivity index (χ4v) is 0.892. The van der Waals surface area contributed by atoms with E-state index in [1.54, 1.807) is 0 Å². The molecule has 0 saturated carbocycles. The van der Waals surface area contributed by atoms with Crippen LogP contribution in [0.25, 0.3) is 10.4 Å². The van der Waals surface area contributed by atoms with Gasteiger partial charge >= 0.3 is 6.01 Å². The third-order valence-electron chi connectivity index (χ3n) is 1.54. The molecule has 0 saturated heterocycles. The van der Waals surface area contributed by atoms with Gasteiger partial charge in [-0.25, -0.2) is 4.98 Å². The molecule has 0 N–H and O–H groups in total. The normalized spacial score (nSPS) is 8.38. The van der Waals surface area contributed by atoms with E-state index in [1.165, 1.54) is 20.4 Å². The Morgan fingerprint density at radius 1 is 1.50 bits per heavy atom. The molecule has 0 amide bonds. The van der Waals surface area contributed by atoms with Crippen molar-refractivity contribution in [2.75, 3.05) is 20.8 Å². The molecule has 0 atom stereocenters. The van der Waals surface area contributed by atoms with Crippen molar-refractivity contribution in [1.29, 1.82) is 0 Å². The van der Waals surface area contributed by atoms with Crippen molar-refractivity contribution in [2.45, 2.75) is 0 Å². The van der Waals surface area contributed by atoms with Crippen LogP contribution in [0.4, 0.5) is 0 Å². The van der Waals surface area contributed by atoms with Crippen LogP contribution in [0.1, 0.15) is 5.56 Å². The average molecular weight is 219 g/mol. The number of hydrogen-bond donors (Lipinski definition) is 0. The molecule has 0 aliphatic rings. The number of aromatic nitrogens is 2. The van der Waals surface area contributed by atoms with Crippen LogP contribution < -0.4 is 9.47 Å². The minimum absolute atomic E-state index is 0.0890. The first kappa shape index (κ1) is 11.6. The third-order valence-corrected chi connectivity index (χ3v) is 1.54. The molecular formula is C9H9N5O2. The molecule has 0 aliphatic heterocycles. The fourth-order valence-electron chi connectivity index (χ4n) is 0.892. The summed E-state index contributed by atoms with van der Waals surface area (Å²) in [6, 6.07) is 0.206. The largest absolute Gasteiger partial charge is 0.480 e. The molecule has 1 aromatic heterocycles. The van der Waals surface area contributed by atoms with Crippen molar-refractivity contribution in [1.82, 2.24) is 9.97 Å². The number of ether oxygens (including phenoxy) is 2. The number of nitrogens with zero attached hydrogens (tertiary/aromatic N) is 5. The predicted octanol–water partition coefficient (Wildman–Crippen LogP) is 1.16. The van der Waals surface area contributed by atoms with Crippen LogP contribution >= 0.6 is 0 Å². The van der Waals surface area contributed by atoms with Crippen LogP contribution in [-0.2, 0) is 0 Å². The van der Waals surface area contributed by atoms with Crippen molar-refractivity contribution in [3.63, 3.8) is 0 Å². The molecule has 0 fully saturated rings. The van der Waals surface area contributed by atoms with E-state index < -0.39 is 0 Å². The lowest BCUT2D eigenvalue weighted by molar-refractivity contribution is 0.351. The van der Waals surface area contributed by atoms with Crippen LogP contribution in [0.3, 0.4) is 0 Å². The molecule has 16 heavy (non-hydrogen) atoms. The van der Waals surface area contributed by atoms with Crippen LogP contribution in [0, 0.1) is 11.8 Å². The number of methoxy groups -OCH3 is 2. The zero-order valence-electron chi connectivity index (χ0n) is 8.84. The van der Waals surface area contributed by atoms with Gasteiger partial charge in [-0.15, -0.1) is 0 Å². The van der Waals surface area contributed by atoms with Crippen LogP contribution in [0.5, 0.6) is 11.9 Å². The van der Waals surface area contributed by atoms with Gasteiger partial charge in [0.25, 0.3) is 0 Å². The Bertz CT molecular complexity index is 471. The average Bonchev–Trinajstić information content (AvgIpc) is 2.34. The third kappa shape index (κ3) is 3.04. The van der Waals surface area contributed by atoms with E-state index in [0.717, 1.165) is 0 Å². The Morgan fingerprint density at radius 2 is 2.31 bits per heavy atom. The molecule has 82 valence electrons. The summed E-state index contributed by atoms with van der Waals surface area (Å²) in [7, 11) is 2.93. The van der Waals surface area contributed by atoms with Gasteiger partial charge in [-0.2, -0.15) is 4.98 Å². The zero-order chi connectivity index (χ0) is 11.8. The van der Waals surface area contributed by atoms with Crippen molar-refractivity contribution < 1.29 is 9.47 Å². The Kier molecular flexibility index (Phi) is 4.44. The summed E-state index contributed by atoms with van der Waals surface area (Å²) in [5.74, 6) is 5.69. The monoisotopic (exact) mass is 219 g/mol. The van der Waals surface area contributed by atoms with Gasteiger partial charge < -0.3 is 9.47 Å². The Balaban J connectivity index is 2.93. The second kappa shape index (κ2) is 6.11. The molecule has 1 aromatic rings. The Labute approximate surface area is 92.1 Å². The summed E-state index contributed by atoms with van der Waals surface area (Å²) in [6.07, 6.45) is 1.48. The standard InChI is InChI=1S/C9H9N5O2/c1-15-8-7(4-3-5-12-14-10)6-11-9(13-8)16-2/h6H,5H2,1-2H3. The van der Waals surface area contributed by atoms with Crippen molar-refractivity contribution in [3.05, 3.63) is 22.2 Å². The Morgan fingerprint density at radius 3 is 2.94 bits per heavy atom. The summed E-state index contributed by atoms with van der Waals surface area (Å²) in [5.41, 5.74) is 8.57. The smallest absolute Gasteiger partial charge is 0.319 e. The maximum atomic E-state index is 8.06. The van der Waals surface area contributed by atoms with E-state index >= 15 is 0 Å². The van der Waals surface area contributed by atoms with E-state index in [2.05, 4.69) is 31.8 Å². The minimum atomic E-state index is 0.0890. The molecule has 7 nitrogen and oxygen atoms in total. The van der Waals surface area contributed by atoms with Gasteiger partial charge in [0.2, 0.25) is 5.88 Å². The highest BCUT2D eigenvalue weighted by Crippen LogP contribution is 2.15. The minimum Gasteiger partial charge on any atom is -0.480 e. The van der Waals surface area contributed by atoms with Gasteiger partial charge in [0.1, 0.15) is 5.56 Å². The van der Waals surface area contributed by atoms with E-state index in [9.17, 15) is 0 Å². The lowest BCUT2D eigenvalue weighted by Crippen LogP contribution is -1.97. The summed E-state index contributed by atoms with van der Waals surface area (Å²) < 4.78 is 9.85. The first-order valence-electron chi connectivity index (χ1n) is 4.26.